The maximum absolute atomic E-state index is 13.2. The lowest BCUT2D eigenvalue weighted by molar-refractivity contribution is 0.102. The number of benzene rings is 1. The van der Waals surface area contributed by atoms with Crippen LogP contribution in [-0.2, 0) is 12.8 Å². The summed E-state index contributed by atoms with van der Waals surface area (Å²) >= 11 is 0. The molecule has 0 fully saturated rings. The quantitative estimate of drug-likeness (QED) is 0.922. The van der Waals surface area contributed by atoms with E-state index in [4.69, 9.17) is 0 Å². The van der Waals surface area contributed by atoms with E-state index in [0.29, 0.717) is 5.69 Å². The Morgan fingerprint density at radius 2 is 2.00 bits per heavy atom. The van der Waals surface area contributed by atoms with Crippen molar-refractivity contribution < 1.29 is 9.18 Å². The molecule has 0 radical (unpaired) electrons. The first-order chi connectivity index (χ1) is 10.1. The van der Waals surface area contributed by atoms with Crippen LogP contribution in [0.1, 0.15) is 40.2 Å². The maximum atomic E-state index is 13.2. The summed E-state index contributed by atoms with van der Waals surface area (Å²) in [5.41, 5.74) is 3.62. The van der Waals surface area contributed by atoms with Crippen LogP contribution in [-0.4, -0.2) is 16.1 Å². The fraction of sp³-hybridized carbons (Fsp3) is 0.312. The van der Waals surface area contributed by atoms with Crippen molar-refractivity contribution in [3.05, 3.63) is 52.6 Å². The second kappa shape index (κ2) is 5.60. The van der Waals surface area contributed by atoms with Gasteiger partial charge in [-0.15, -0.1) is 5.10 Å². The lowest BCUT2D eigenvalue weighted by Gasteiger charge is -2.14. The molecule has 0 aliphatic heterocycles. The van der Waals surface area contributed by atoms with Gasteiger partial charge in [-0.3, -0.25) is 4.79 Å². The Bertz CT molecular complexity index is 700. The second-order valence-corrected chi connectivity index (χ2v) is 5.32. The number of aromatic nitrogens is 2. The Morgan fingerprint density at radius 1 is 1.19 bits per heavy atom. The smallest absolute Gasteiger partial charge is 0.276 e. The Balaban J connectivity index is 1.83. The molecule has 1 amide bonds. The highest BCUT2D eigenvalue weighted by Crippen LogP contribution is 2.20. The summed E-state index contributed by atoms with van der Waals surface area (Å²) in [6.45, 7) is 1.81. The number of nitrogens with one attached hydrogen (secondary N) is 1. The number of rotatable bonds is 2. The minimum absolute atomic E-state index is 0.277. The minimum atomic E-state index is -0.382. The number of carbonyl (C=O) groups excluding carboxylic acids is 1. The van der Waals surface area contributed by atoms with Gasteiger partial charge in [0.1, 0.15) is 5.82 Å². The molecule has 0 atom stereocenters. The molecular formula is C16H16FN3O. The predicted octanol–water partition coefficient (Wildman–Crippen LogP) is 3.06. The summed E-state index contributed by atoms with van der Waals surface area (Å²) in [5.74, 6) is -0.739. The number of carbonyl (C=O) groups is 1. The lowest BCUT2D eigenvalue weighted by Crippen LogP contribution is -2.17. The van der Waals surface area contributed by atoms with Crippen LogP contribution < -0.4 is 5.32 Å². The summed E-state index contributed by atoms with van der Waals surface area (Å²) in [4.78, 5) is 12.2. The molecule has 3 rings (SSSR count). The van der Waals surface area contributed by atoms with E-state index in [-0.39, 0.29) is 17.4 Å². The van der Waals surface area contributed by atoms with Crippen LogP contribution >= 0.6 is 0 Å². The fourth-order valence-electron chi connectivity index (χ4n) is 2.52. The minimum Gasteiger partial charge on any atom is -0.320 e. The van der Waals surface area contributed by atoms with Gasteiger partial charge in [-0.2, -0.15) is 5.10 Å². The van der Waals surface area contributed by atoms with Crippen LogP contribution in [0.25, 0.3) is 0 Å². The zero-order valence-corrected chi connectivity index (χ0v) is 11.8. The van der Waals surface area contributed by atoms with Crippen LogP contribution in [0, 0.1) is 12.7 Å². The summed E-state index contributed by atoms with van der Waals surface area (Å²) in [6.07, 6.45) is 4.09. The zero-order valence-electron chi connectivity index (χ0n) is 11.8. The van der Waals surface area contributed by atoms with Gasteiger partial charge >= 0.3 is 0 Å². The van der Waals surface area contributed by atoms with Gasteiger partial charge in [-0.25, -0.2) is 4.39 Å². The molecule has 1 N–H and O–H groups in total. The van der Waals surface area contributed by atoms with Gasteiger partial charge in [0.05, 0.1) is 5.69 Å². The molecule has 108 valence electrons. The van der Waals surface area contributed by atoms with Gasteiger partial charge in [0.15, 0.2) is 5.69 Å². The number of nitrogens with zero attached hydrogens (tertiary/aromatic N) is 2. The van der Waals surface area contributed by atoms with E-state index < -0.39 is 0 Å². The van der Waals surface area contributed by atoms with Crippen LogP contribution in [0.4, 0.5) is 10.1 Å². The standard InChI is InChI=1S/C16H16FN3O/c1-10-6-7-12(17)9-14(10)18-16(21)15-8-11-4-2-3-5-13(11)19-20-15/h6-9H,2-5H2,1H3,(H,18,21). The first-order valence-corrected chi connectivity index (χ1v) is 7.06. The monoisotopic (exact) mass is 285 g/mol. The van der Waals surface area contributed by atoms with Gasteiger partial charge in [0, 0.05) is 5.69 Å². The molecule has 1 heterocycles. The summed E-state index contributed by atoms with van der Waals surface area (Å²) in [5, 5.41) is 10.8. The molecule has 0 bridgehead atoms. The van der Waals surface area contributed by atoms with Gasteiger partial charge in [0.2, 0.25) is 0 Å². The largest absolute Gasteiger partial charge is 0.320 e. The number of anilines is 1. The van der Waals surface area contributed by atoms with Gasteiger partial charge in [-0.05, 0) is 61.9 Å². The van der Waals surface area contributed by atoms with Gasteiger partial charge in [-0.1, -0.05) is 6.07 Å². The van der Waals surface area contributed by atoms with Gasteiger partial charge in [0.25, 0.3) is 5.91 Å². The van der Waals surface area contributed by atoms with Crippen molar-refractivity contribution in [1.29, 1.82) is 0 Å². The Labute approximate surface area is 122 Å². The molecule has 1 aliphatic rings. The third-order valence-electron chi connectivity index (χ3n) is 3.75. The van der Waals surface area contributed by atoms with Crippen molar-refractivity contribution in [1.82, 2.24) is 10.2 Å². The number of fused-ring (bicyclic) bond motifs is 1. The van der Waals surface area contributed by atoms with Crippen molar-refractivity contribution in [2.75, 3.05) is 5.32 Å². The average Bonchev–Trinajstić information content (AvgIpc) is 2.50. The topological polar surface area (TPSA) is 54.9 Å². The summed E-state index contributed by atoms with van der Waals surface area (Å²) < 4.78 is 13.2. The lowest BCUT2D eigenvalue weighted by atomic mass is 9.96. The highest BCUT2D eigenvalue weighted by Gasteiger charge is 2.16. The molecule has 0 saturated carbocycles. The molecule has 2 aromatic rings. The number of hydrogen-bond acceptors (Lipinski definition) is 3. The first kappa shape index (κ1) is 13.7. The maximum Gasteiger partial charge on any atom is 0.276 e. The van der Waals surface area contributed by atoms with E-state index in [2.05, 4.69) is 15.5 Å². The first-order valence-electron chi connectivity index (χ1n) is 7.06. The predicted molar refractivity (Wildman–Crippen MR) is 77.8 cm³/mol. The molecule has 0 unspecified atom stereocenters. The molecule has 0 saturated heterocycles. The van der Waals surface area contributed by atoms with Crippen molar-refractivity contribution >= 4 is 11.6 Å². The summed E-state index contributed by atoms with van der Waals surface area (Å²) in [7, 11) is 0. The Kier molecular flexibility index (Phi) is 3.64. The highest BCUT2D eigenvalue weighted by atomic mass is 19.1. The van der Waals surface area contributed by atoms with E-state index in [1.54, 1.807) is 12.1 Å². The number of aryl methyl sites for hydroxylation is 3. The van der Waals surface area contributed by atoms with Crippen LogP contribution in [0.2, 0.25) is 0 Å². The Morgan fingerprint density at radius 3 is 2.86 bits per heavy atom. The molecular weight excluding hydrogens is 269 g/mol. The SMILES string of the molecule is Cc1ccc(F)cc1NC(=O)c1cc2c(nn1)CCCC2. The molecule has 0 spiro atoms. The van der Waals surface area contributed by atoms with Crippen molar-refractivity contribution in [2.24, 2.45) is 0 Å². The average molecular weight is 285 g/mol. The molecule has 4 nitrogen and oxygen atoms in total. The molecule has 1 aliphatic carbocycles. The van der Waals surface area contributed by atoms with Gasteiger partial charge < -0.3 is 5.32 Å². The van der Waals surface area contributed by atoms with Crippen LogP contribution in [0.5, 0.6) is 0 Å². The van der Waals surface area contributed by atoms with E-state index >= 15 is 0 Å². The van der Waals surface area contributed by atoms with E-state index in [1.165, 1.54) is 12.1 Å². The molecule has 1 aromatic carbocycles. The normalized spacial score (nSPS) is 13.6. The van der Waals surface area contributed by atoms with Crippen molar-refractivity contribution in [3.8, 4) is 0 Å². The third-order valence-corrected chi connectivity index (χ3v) is 3.75. The second-order valence-electron chi connectivity index (χ2n) is 5.32. The van der Waals surface area contributed by atoms with E-state index in [9.17, 15) is 9.18 Å². The fourth-order valence-corrected chi connectivity index (χ4v) is 2.52. The Hall–Kier alpha value is -2.30. The third kappa shape index (κ3) is 2.91. The number of hydrogen-bond donors (Lipinski definition) is 1. The van der Waals surface area contributed by atoms with E-state index in [1.807, 2.05) is 6.92 Å². The van der Waals surface area contributed by atoms with E-state index in [0.717, 1.165) is 42.5 Å². The molecule has 5 heteroatoms. The molecule has 21 heavy (non-hydrogen) atoms. The number of halogens is 1. The summed E-state index contributed by atoms with van der Waals surface area (Å²) in [6, 6.07) is 6.09. The molecule has 1 aromatic heterocycles. The highest BCUT2D eigenvalue weighted by molar-refractivity contribution is 6.03. The number of amides is 1. The van der Waals surface area contributed by atoms with Crippen molar-refractivity contribution in [2.45, 2.75) is 32.6 Å². The van der Waals surface area contributed by atoms with Crippen LogP contribution in [0.3, 0.4) is 0 Å². The zero-order chi connectivity index (χ0) is 14.8. The van der Waals surface area contributed by atoms with Crippen LogP contribution in [0.15, 0.2) is 24.3 Å². The van der Waals surface area contributed by atoms with Crippen molar-refractivity contribution in [3.63, 3.8) is 0 Å².